The minimum Gasteiger partial charge on any atom is -0.456 e. The van der Waals surface area contributed by atoms with E-state index in [9.17, 15) is 24.0 Å². The van der Waals surface area contributed by atoms with E-state index >= 15 is 4.79 Å². The summed E-state index contributed by atoms with van der Waals surface area (Å²) in [6, 6.07) is 19.1. The number of nitrogens with zero attached hydrogens (tertiary/aromatic N) is 1. The number of carbonyl (C=O) groups is 6. The van der Waals surface area contributed by atoms with E-state index in [2.05, 4.69) is 20.9 Å². The number of esters is 1. The summed E-state index contributed by atoms with van der Waals surface area (Å²) in [6.45, 7) is 2.29. The van der Waals surface area contributed by atoms with Crippen LogP contribution in [0.3, 0.4) is 0 Å². The molecular formula is C44H55N7O7. The Balaban J connectivity index is 1.60. The number of aromatic nitrogens is 1. The Hall–Kier alpha value is -5.86. The molecule has 58 heavy (non-hydrogen) atoms. The zero-order chi connectivity index (χ0) is 41.4. The van der Waals surface area contributed by atoms with E-state index in [-0.39, 0.29) is 31.2 Å². The number of unbranched alkanes of at least 4 members (excludes halogenated alkanes) is 4. The fourth-order valence-corrected chi connectivity index (χ4v) is 7.18. The average molecular weight is 794 g/mol. The van der Waals surface area contributed by atoms with Gasteiger partial charge in [0.2, 0.25) is 23.6 Å². The van der Waals surface area contributed by atoms with E-state index < -0.39 is 65.8 Å². The first-order chi connectivity index (χ1) is 28.1. The maximum absolute atomic E-state index is 15.1. The molecule has 8 N–H and O–H groups in total. The molecule has 0 radical (unpaired) electrons. The molecule has 0 aliphatic carbocycles. The van der Waals surface area contributed by atoms with Crippen molar-refractivity contribution in [3.8, 4) is 0 Å². The smallest absolute Gasteiger partial charge is 0.338 e. The van der Waals surface area contributed by atoms with Crippen LogP contribution in [0.2, 0.25) is 0 Å². The summed E-state index contributed by atoms with van der Waals surface area (Å²) in [5.74, 6) is -4.43. The summed E-state index contributed by atoms with van der Waals surface area (Å²) in [7, 11) is 0. The molecule has 1 fully saturated rings. The highest BCUT2D eigenvalue weighted by Crippen LogP contribution is 2.22. The van der Waals surface area contributed by atoms with E-state index in [4.69, 9.17) is 16.2 Å². The van der Waals surface area contributed by atoms with Gasteiger partial charge in [-0.1, -0.05) is 79.6 Å². The lowest BCUT2D eigenvalue weighted by Gasteiger charge is -2.36. The summed E-state index contributed by atoms with van der Waals surface area (Å²) in [4.78, 5) is 90.5. The first kappa shape index (κ1) is 43.3. The Bertz CT molecular complexity index is 2000. The van der Waals surface area contributed by atoms with E-state index in [1.54, 1.807) is 66.9 Å². The molecule has 1 aliphatic rings. The third-order valence-electron chi connectivity index (χ3n) is 10.4. The van der Waals surface area contributed by atoms with Crippen LogP contribution >= 0.6 is 0 Å². The highest BCUT2D eigenvalue weighted by Gasteiger charge is 2.44. The van der Waals surface area contributed by atoms with Crippen molar-refractivity contribution in [1.82, 2.24) is 25.8 Å². The summed E-state index contributed by atoms with van der Waals surface area (Å²) >= 11 is 0. The van der Waals surface area contributed by atoms with E-state index in [1.165, 1.54) is 6.92 Å². The number of para-hydroxylation sites is 1. The van der Waals surface area contributed by atoms with E-state index in [0.717, 1.165) is 34.2 Å². The fraction of sp³-hybridized carbons (Fsp3) is 0.409. The third kappa shape index (κ3) is 11.6. The quantitative estimate of drug-likeness (QED) is 0.0681. The van der Waals surface area contributed by atoms with Crippen LogP contribution < -0.4 is 27.4 Å². The van der Waals surface area contributed by atoms with Crippen molar-refractivity contribution in [2.45, 2.75) is 101 Å². The molecule has 308 valence electrons. The van der Waals surface area contributed by atoms with Gasteiger partial charge in [-0.25, -0.2) is 4.79 Å². The lowest BCUT2D eigenvalue weighted by Crippen LogP contribution is -2.65. The predicted molar refractivity (Wildman–Crippen MR) is 220 cm³/mol. The lowest BCUT2D eigenvalue weighted by molar-refractivity contribution is -0.156. The molecule has 14 heteroatoms. The number of hydrogen-bond donors (Lipinski definition) is 6. The first-order valence-corrected chi connectivity index (χ1v) is 20.1. The van der Waals surface area contributed by atoms with Crippen LogP contribution in [0, 0.1) is 0 Å². The van der Waals surface area contributed by atoms with Crippen LogP contribution in [0.25, 0.3) is 10.9 Å². The van der Waals surface area contributed by atoms with Crippen molar-refractivity contribution in [3.63, 3.8) is 0 Å². The SMILES string of the molecule is C[C@@H](OC(=O)c1ccccc1)[C@@H]1NC(=O)[C@H](CCCCN)NC(=O)[C@@H](Cc2c[nH]c3ccccc23)NC(=O)[C@H](Cc2ccccc2)N(C(=O)CCCCCCN)C1=O. The Morgan fingerprint density at radius 2 is 1.33 bits per heavy atom. The Kier molecular flexibility index (Phi) is 16.1. The largest absolute Gasteiger partial charge is 0.456 e. The summed E-state index contributed by atoms with van der Waals surface area (Å²) in [5, 5.41) is 9.30. The van der Waals surface area contributed by atoms with Crippen LogP contribution in [-0.4, -0.2) is 88.7 Å². The molecule has 1 aromatic heterocycles. The highest BCUT2D eigenvalue weighted by atomic mass is 16.5. The van der Waals surface area contributed by atoms with Crippen LogP contribution in [-0.2, 0) is 41.6 Å². The molecule has 5 atom stereocenters. The summed E-state index contributed by atoms with van der Waals surface area (Å²) in [6.07, 6.45) is 4.06. The maximum Gasteiger partial charge on any atom is 0.338 e. The Morgan fingerprint density at radius 1 is 0.707 bits per heavy atom. The maximum atomic E-state index is 15.1. The molecule has 0 spiro atoms. The van der Waals surface area contributed by atoms with Crippen molar-refractivity contribution in [1.29, 1.82) is 0 Å². The van der Waals surface area contributed by atoms with Crippen molar-refractivity contribution in [3.05, 3.63) is 108 Å². The normalized spacial score (nSPS) is 19.7. The van der Waals surface area contributed by atoms with Gasteiger partial charge in [-0.15, -0.1) is 0 Å². The number of benzene rings is 3. The molecule has 1 saturated heterocycles. The number of carbonyl (C=O) groups excluding carboxylic acids is 6. The van der Waals surface area contributed by atoms with Gasteiger partial charge < -0.3 is 37.1 Å². The van der Waals surface area contributed by atoms with Crippen LogP contribution in [0.5, 0.6) is 0 Å². The number of fused-ring (bicyclic) bond motifs is 1. The third-order valence-corrected chi connectivity index (χ3v) is 10.4. The van der Waals surface area contributed by atoms with Gasteiger partial charge >= 0.3 is 5.97 Å². The van der Waals surface area contributed by atoms with Gasteiger partial charge in [0.25, 0.3) is 5.91 Å². The number of nitrogens with two attached hydrogens (primary N) is 2. The molecule has 0 unspecified atom stereocenters. The second-order valence-electron chi connectivity index (χ2n) is 14.7. The molecule has 0 saturated carbocycles. The zero-order valence-electron chi connectivity index (χ0n) is 33.0. The van der Waals surface area contributed by atoms with Crippen LogP contribution in [0.15, 0.2) is 91.1 Å². The Labute approximate surface area is 338 Å². The second-order valence-corrected chi connectivity index (χ2v) is 14.7. The standard InChI is InChI=1S/C44H55N7O7/c1-29(58-44(57)31-18-8-5-9-19-31)39-43(56)51(38(52)23-10-2-3-14-24-45)37(26-30-16-6-4-7-17-30)42(55)49-36(27-32-28-47-34-21-12-11-20-33(32)34)41(54)48-35(40(53)50-39)22-13-15-25-46/h4-9,11-12,16-21,28-29,35-37,39,47H,2-3,10,13-15,22-27,45-46H2,1H3,(H,48,54)(H,49,55)(H,50,53)/t29-,35+,36-,37+,39+/m1/s1. The lowest BCUT2D eigenvalue weighted by atomic mass is 9.98. The Morgan fingerprint density at radius 3 is 2.05 bits per heavy atom. The number of H-pyrrole nitrogens is 1. The topological polar surface area (TPSA) is 219 Å². The van der Waals surface area contributed by atoms with Gasteiger partial charge in [-0.05, 0) is 81.4 Å². The molecular weight excluding hydrogens is 739 g/mol. The number of nitrogens with one attached hydrogen (secondary N) is 4. The summed E-state index contributed by atoms with van der Waals surface area (Å²) < 4.78 is 5.79. The van der Waals surface area contributed by atoms with E-state index in [1.807, 2.05) is 24.3 Å². The van der Waals surface area contributed by atoms with Gasteiger partial charge in [0.15, 0.2) is 0 Å². The minimum atomic E-state index is -1.62. The first-order valence-electron chi connectivity index (χ1n) is 20.1. The van der Waals surface area contributed by atoms with Crippen LogP contribution in [0.1, 0.15) is 79.8 Å². The number of hydrogen-bond acceptors (Lipinski definition) is 9. The van der Waals surface area contributed by atoms with Gasteiger partial charge in [0.05, 0.1) is 5.56 Å². The summed E-state index contributed by atoms with van der Waals surface area (Å²) in [5.41, 5.74) is 13.9. The van der Waals surface area contributed by atoms with Crippen molar-refractivity contribution in [2.24, 2.45) is 11.5 Å². The number of rotatable bonds is 17. The monoisotopic (exact) mass is 793 g/mol. The zero-order valence-corrected chi connectivity index (χ0v) is 33.0. The minimum absolute atomic E-state index is 0.0366. The van der Waals surface area contributed by atoms with E-state index in [0.29, 0.717) is 44.3 Å². The predicted octanol–water partition coefficient (Wildman–Crippen LogP) is 3.43. The fourth-order valence-electron chi connectivity index (χ4n) is 7.18. The molecule has 4 aromatic rings. The van der Waals surface area contributed by atoms with Gasteiger partial charge in [-0.3, -0.25) is 28.9 Å². The molecule has 0 bridgehead atoms. The number of ether oxygens (including phenoxy) is 1. The molecule has 3 aromatic carbocycles. The second kappa shape index (κ2) is 21.6. The van der Waals surface area contributed by atoms with Gasteiger partial charge in [-0.2, -0.15) is 0 Å². The molecule has 5 rings (SSSR count). The van der Waals surface area contributed by atoms with Crippen molar-refractivity contribution < 1.29 is 33.5 Å². The number of imide groups is 1. The van der Waals surface area contributed by atoms with Crippen molar-refractivity contribution in [2.75, 3.05) is 13.1 Å². The number of amides is 5. The van der Waals surface area contributed by atoms with Gasteiger partial charge in [0, 0.05) is 36.4 Å². The van der Waals surface area contributed by atoms with Gasteiger partial charge in [0.1, 0.15) is 30.3 Å². The number of aromatic amines is 1. The molecule has 2 heterocycles. The van der Waals surface area contributed by atoms with Crippen molar-refractivity contribution >= 4 is 46.4 Å². The molecule has 1 aliphatic heterocycles. The highest BCUT2D eigenvalue weighted by molar-refractivity contribution is 6.05. The molecule has 5 amide bonds. The van der Waals surface area contributed by atoms with Crippen LogP contribution in [0.4, 0.5) is 0 Å². The average Bonchev–Trinajstić information content (AvgIpc) is 3.64. The molecule has 14 nitrogen and oxygen atoms in total.